The molecule has 1 radical (unpaired) electrons. The Hall–Kier alpha value is -0.930. The van der Waals surface area contributed by atoms with Crippen LogP contribution in [-0.2, 0) is 6.54 Å². The van der Waals surface area contributed by atoms with Crippen LogP contribution < -0.4 is 0 Å². The van der Waals surface area contributed by atoms with Gasteiger partial charge >= 0.3 is 0 Å². The molecule has 0 fully saturated rings. The third-order valence-electron chi connectivity index (χ3n) is 1.01. The van der Waals surface area contributed by atoms with Gasteiger partial charge in [0.05, 0.1) is 6.20 Å². The normalized spacial score (nSPS) is 10.8. The van der Waals surface area contributed by atoms with Gasteiger partial charge in [0.2, 0.25) is 0 Å². The molecule has 0 saturated heterocycles. The summed E-state index contributed by atoms with van der Waals surface area (Å²) in [6, 6.07) is 0. The van der Waals surface area contributed by atoms with Crippen LogP contribution in [0.4, 0.5) is 8.78 Å². The molecule has 0 saturated carbocycles. The Labute approximate surface area is 57.5 Å². The Morgan fingerprint density at radius 1 is 1.70 bits per heavy atom. The average Bonchev–Trinajstić information content (AvgIpc) is 2.13. The van der Waals surface area contributed by atoms with Crippen LogP contribution in [0, 0.1) is 6.92 Å². The lowest BCUT2D eigenvalue weighted by Crippen LogP contribution is -2.06. The molecule has 1 heterocycles. The maximum absolute atomic E-state index is 11.6. The Morgan fingerprint density at radius 3 is 2.80 bits per heavy atom. The van der Waals surface area contributed by atoms with E-state index in [1.165, 1.54) is 17.1 Å². The monoisotopic (exact) mass is 145 g/mol. The fourth-order valence-electron chi connectivity index (χ4n) is 0.648. The highest BCUT2D eigenvalue weighted by Gasteiger charge is 2.03. The lowest BCUT2D eigenvalue weighted by molar-refractivity contribution is 0.122. The number of nitrogens with zero attached hydrogens (tertiary/aromatic N) is 2. The van der Waals surface area contributed by atoms with E-state index < -0.39 is 6.43 Å². The number of aromatic nitrogens is 2. The molecule has 0 amide bonds. The first-order chi connectivity index (χ1) is 4.68. The average molecular weight is 145 g/mol. The van der Waals surface area contributed by atoms with Crippen LogP contribution in [0.5, 0.6) is 0 Å². The molecule has 0 atom stereocenters. The summed E-state index contributed by atoms with van der Waals surface area (Å²) in [5.74, 6) is 0. The number of alkyl halides is 2. The lowest BCUT2D eigenvalue weighted by Gasteiger charge is -1.96. The van der Waals surface area contributed by atoms with Crippen molar-refractivity contribution in [3.8, 4) is 0 Å². The molecule has 0 spiro atoms. The van der Waals surface area contributed by atoms with E-state index in [1.54, 1.807) is 0 Å². The maximum atomic E-state index is 11.6. The Bertz CT molecular complexity index is 207. The van der Waals surface area contributed by atoms with E-state index in [9.17, 15) is 8.78 Å². The molecule has 0 bridgehead atoms. The van der Waals surface area contributed by atoms with Crippen molar-refractivity contribution in [3.05, 3.63) is 24.9 Å². The summed E-state index contributed by atoms with van der Waals surface area (Å²) < 4.78 is 24.5. The molecule has 1 aromatic heterocycles. The minimum Gasteiger partial charge on any atom is -0.267 e. The number of hydrogen-bond acceptors (Lipinski definition) is 1. The first kappa shape index (κ1) is 7.18. The van der Waals surface area contributed by atoms with E-state index in [4.69, 9.17) is 0 Å². The van der Waals surface area contributed by atoms with E-state index in [0.717, 1.165) is 0 Å². The van der Waals surface area contributed by atoms with E-state index in [0.29, 0.717) is 5.56 Å². The van der Waals surface area contributed by atoms with Gasteiger partial charge in [-0.25, -0.2) is 8.78 Å². The maximum Gasteiger partial charge on any atom is 0.257 e. The summed E-state index contributed by atoms with van der Waals surface area (Å²) in [7, 11) is 0. The molecule has 0 aliphatic carbocycles. The van der Waals surface area contributed by atoms with Crippen molar-refractivity contribution in [3.63, 3.8) is 0 Å². The zero-order valence-corrected chi connectivity index (χ0v) is 5.30. The van der Waals surface area contributed by atoms with Crippen molar-refractivity contribution >= 4 is 0 Å². The first-order valence-electron chi connectivity index (χ1n) is 2.81. The first-order valence-corrected chi connectivity index (χ1v) is 2.81. The number of rotatable bonds is 2. The van der Waals surface area contributed by atoms with Gasteiger partial charge in [-0.15, -0.1) is 0 Å². The van der Waals surface area contributed by atoms with Gasteiger partial charge in [0.25, 0.3) is 6.43 Å². The molecule has 0 aromatic carbocycles. The molecule has 10 heavy (non-hydrogen) atoms. The third-order valence-corrected chi connectivity index (χ3v) is 1.01. The van der Waals surface area contributed by atoms with Gasteiger partial charge in [0, 0.05) is 6.20 Å². The Morgan fingerprint density at radius 2 is 2.40 bits per heavy atom. The predicted octanol–water partition coefficient (Wildman–Crippen LogP) is 1.33. The molecule has 1 aromatic rings. The van der Waals surface area contributed by atoms with Crippen LogP contribution in [-0.4, -0.2) is 16.2 Å². The highest BCUT2D eigenvalue weighted by molar-refractivity contribution is 5.06. The second-order valence-corrected chi connectivity index (χ2v) is 1.96. The van der Waals surface area contributed by atoms with Crippen LogP contribution in [0.15, 0.2) is 12.4 Å². The fraction of sp³-hybridized carbons (Fsp3) is 0.333. The van der Waals surface area contributed by atoms with Crippen molar-refractivity contribution < 1.29 is 8.78 Å². The second kappa shape index (κ2) is 2.77. The molecule has 1 rings (SSSR count). The Balaban J connectivity index is 2.58. The quantitative estimate of drug-likeness (QED) is 0.613. The molecule has 0 N–H and O–H groups in total. The summed E-state index contributed by atoms with van der Waals surface area (Å²) in [4.78, 5) is 0. The third kappa shape index (κ3) is 1.79. The summed E-state index contributed by atoms with van der Waals surface area (Å²) in [6.07, 6.45) is 0.577. The van der Waals surface area contributed by atoms with Gasteiger partial charge in [-0.3, -0.25) is 4.68 Å². The van der Waals surface area contributed by atoms with Crippen LogP contribution in [0.2, 0.25) is 0 Å². The van der Waals surface area contributed by atoms with Crippen molar-refractivity contribution in [1.29, 1.82) is 0 Å². The standard InChI is InChI=1S/C6H7F2N2/c1-5-2-9-10(3-5)4-6(7)8/h2-3,6H,1,4H2. The van der Waals surface area contributed by atoms with Crippen LogP contribution >= 0.6 is 0 Å². The van der Waals surface area contributed by atoms with Gasteiger partial charge < -0.3 is 0 Å². The molecular formula is C6H7F2N2. The molecule has 0 unspecified atom stereocenters. The van der Waals surface area contributed by atoms with Crippen molar-refractivity contribution in [2.24, 2.45) is 0 Å². The van der Waals surface area contributed by atoms with E-state index >= 15 is 0 Å². The number of hydrogen-bond donors (Lipinski definition) is 0. The second-order valence-electron chi connectivity index (χ2n) is 1.96. The summed E-state index contributed by atoms with van der Waals surface area (Å²) >= 11 is 0. The van der Waals surface area contributed by atoms with E-state index in [2.05, 4.69) is 12.0 Å². The van der Waals surface area contributed by atoms with Gasteiger partial charge in [0.15, 0.2) is 0 Å². The Kier molecular flexibility index (Phi) is 1.99. The van der Waals surface area contributed by atoms with E-state index in [1.807, 2.05) is 0 Å². The smallest absolute Gasteiger partial charge is 0.257 e. The molecule has 2 nitrogen and oxygen atoms in total. The highest BCUT2D eigenvalue weighted by Crippen LogP contribution is 1.99. The van der Waals surface area contributed by atoms with Crippen molar-refractivity contribution in [1.82, 2.24) is 9.78 Å². The fourth-order valence-corrected chi connectivity index (χ4v) is 0.648. The van der Waals surface area contributed by atoms with Crippen molar-refractivity contribution in [2.45, 2.75) is 13.0 Å². The molecule has 0 aliphatic rings. The molecular weight excluding hydrogens is 138 g/mol. The SMILES string of the molecule is [CH2]c1cnn(CC(F)F)c1. The van der Waals surface area contributed by atoms with Crippen LogP contribution in [0.1, 0.15) is 5.56 Å². The van der Waals surface area contributed by atoms with Crippen LogP contribution in [0.25, 0.3) is 0 Å². The van der Waals surface area contributed by atoms with Gasteiger partial charge in [-0.1, -0.05) is 0 Å². The zero-order valence-electron chi connectivity index (χ0n) is 5.30. The molecule has 0 aliphatic heterocycles. The number of halogens is 2. The van der Waals surface area contributed by atoms with Crippen molar-refractivity contribution in [2.75, 3.05) is 0 Å². The predicted molar refractivity (Wildman–Crippen MR) is 32.7 cm³/mol. The minimum absolute atomic E-state index is 0.352. The van der Waals surface area contributed by atoms with Gasteiger partial charge in [0.1, 0.15) is 6.54 Å². The van der Waals surface area contributed by atoms with Crippen LogP contribution in [0.3, 0.4) is 0 Å². The van der Waals surface area contributed by atoms with Gasteiger partial charge in [-0.2, -0.15) is 5.10 Å². The minimum atomic E-state index is -2.35. The molecule has 55 valence electrons. The van der Waals surface area contributed by atoms with E-state index in [-0.39, 0.29) is 6.54 Å². The summed E-state index contributed by atoms with van der Waals surface area (Å²) in [5.41, 5.74) is 0.653. The topological polar surface area (TPSA) is 17.8 Å². The van der Waals surface area contributed by atoms with Gasteiger partial charge in [-0.05, 0) is 12.5 Å². The summed E-state index contributed by atoms with van der Waals surface area (Å²) in [5, 5.41) is 3.63. The zero-order chi connectivity index (χ0) is 7.56. The highest BCUT2D eigenvalue weighted by atomic mass is 19.3. The largest absolute Gasteiger partial charge is 0.267 e. The lowest BCUT2D eigenvalue weighted by atomic mass is 10.4. The summed E-state index contributed by atoms with van der Waals surface area (Å²) in [6.45, 7) is 3.17. The molecule has 4 heteroatoms.